The molecule has 3 heteroatoms. The molecule has 0 aliphatic carbocycles. The number of benzene rings is 1. The Morgan fingerprint density at radius 1 is 1.43 bits per heavy atom. The summed E-state index contributed by atoms with van der Waals surface area (Å²) in [5.41, 5.74) is 1.58. The van der Waals surface area contributed by atoms with Gasteiger partial charge >= 0.3 is 0 Å². The summed E-state index contributed by atoms with van der Waals surface area (Å²) in [7, 11) is 0. The maximum absolute atomic E-state index is 9.55. The van der Waals surface area contributed by atoms with Gasteiger partial charge in [-0.2, -0.15) is 0 Å². The van der Waals surface area contributed by atoms with E-state index in [0.29, 0.717) is 5.02 Å². The van der Waals surface area contributed by atoms with Crippen LogP contribution in [0, 0.1) is 0 Å². The fourth-order valence-corrected chi connectivity index (χ4v) is 1.74. The Kier molecular flexibility index (Phi) is 2.40. The SMILES string of the molecule is CC(O)c1cc(Cl)cc2cccnc12. The Hall–Kier alpha value is -1.12. The van der Waals surface area contributed by atoms with E-state index in [1.54, 1.807) is 19.2 Å². The highest BCUT2D eigenvalue weighted by molar-refractivity contribution is 6.31. The molecular weight excluding hydrogens is 198 g/mol. The van der Waals surface area contributed by atoms with E-state index in [0.717, 1.165) is 16.5 Å². The van der Waals surface area contributed by atoms with Gasteiger partial charge in [0.2, 0.25) is 0 Å². The molecule has 1 aromatic heterocycles. The Morgan fingerprint density at radius 2 is 2.21 bits per heavy atom. The zero-order valence-corrected chi connectivity index (χ0v) is 8.49. The highest BCUT2D eigenvalue weighted by atomic mass is 35.5. The van der Waals surface area contributed by atoms with Crippen molar-refractivity contribution >= 4 is 22.5 Å². The third-order valence-corrected chi connectivity index (χ3v) is 2.37. The molecule has 2 rings (SSSR count). The lowest BCUT2D eigenvalue weighted by atomic mass is 10.1. The van der Waals surface area contributed by atoms with Crippen LogP contribution < -0.4 is 0 Å². The lowest BCUT2D eigenvalue weighted by Crippen LogP contribution is -1.94. The van der Waals surface area contributed by atoms with Crippen LogP contribution in [0.4, 0.5) is 0 Å². The molecule has 1 N–H and O–H groups in total. The Balaban J connectivity index is 2.80. The largest absolute Gasteiger partial charge is 0.389 e. The maximum Gasteiger partial charge on any atom is 0.0783 e. The standard InChI is InChI=1S/C11H10ClNO/c1-7(14)10-6-9(12)5-8-3-2-4-13-11(8)10/h2-7,14H,1H3. The second kappa shape index (κ2) is 3.56. The van der Waals surface area contributed by atoms with E-state index in [9.17, 15) is 5.11 Å². The molecule has 2 nitrogen and oxygen atoms in total. The summed E-state index contributed by atoms with van der Waals surface area (Å²) in [6, 6.07) is 7.38. The Morgan fingerprint density at radius 3 is 2.93 bits per heavy atom. The molecule has 0 amide bonds. The van der Waals surface area contributed by atoms with E-state index in [4.69, 9.17) is 11.6 Å². The number of fused-ring (bicyclic) bond motifs is 1. The number of hydrogen-bond acceptors (Lipinski definition) is 2. The summed E-state index contributed by atoms with van der Waals surface area (Å²) in [4.78, 5) is 4.22. The summed E-state index contributed by atoms with van der Waals surface area (Å²) in [5.74, 6) is 0. The van der Waals surface area contributed by atoms with Crippen LogP contribution in [-0.4, -0.2) is 10.1 Å². The van der Waals surface area contributed by atoms with Crippen molar-refractivity contribution in [2.45, 2.75) is 13.0 Å². The first-order valence-electron chi connectivity index (χ1n) is 4.41. The van der Waals surface area contributed by atoms with Crippen LogP contribution >= 0.6 is 11.6 Å². The molecule has 1 atom stereocenters. The van der Waals surface area contributed by atoms with Crippen molar-refractivity contribution in [2.24, 2.45) is 0 Å². The van der Waals surface area contributed by atoms with Crippen molar-refractivity contribution in [3.8, 4) is 0 Å². The van der Waals surface area contributed by atoms with Crippen molar-refractivity contribution in [1.82, 2.24) is 4.98 Å². The van der Waals surface area contributed by atoms with Gasteiger partial charge in [-0.05, 0) is 25.1 Å². The summed E-state index contributed by atoms with van der Waals surface area (Å²) in [6.45, 7) is 1.71. The number of pyridine rings is 1. The van der Waals surface area contributed by atoms with E-state index in [1.165, 1.54) is 0 Å². The van der Waals surface area contributed by atoms with Crippen molar-refractivity contribution < 1.29 is 5.11 Å². The number of aromatic nitrogens is 1. The van der Waals surface area contributed by atoms with E-state index >= 15 is 0 Å². The molecule has 1 aromatic carbocycles. The van der Waals surface area contributed by atoms with E-state index < -0.39 is 6.10 Å². The van der Waals surface area contributed by atoms with E-state index in [2.05, 4.69) is 4.98 Å². The zero-order valence-electron chi connectivity index (χ0n) is 7.74. The molecule has 0 saturated heterocycles. The van der Waals surface area contributed by atoms with Crippen molar-refractivity contribution in [3.05, 3.63) is 41.0 Å². The van der Waals surface area contributed by atoms with E-state index in [-0.39, 0.29) is 0 Å². The third-order valence-electron chi connectivity index (χ3n) is 2.15. The summed E-state index contributed by atoms with van der Waals surface area (Å²) in [5, 5.41) is 11.1. The molecule has 0 aliphatic heterocycles. The lowest BCUT2D eigenvalue weighted by molar-refractivity contribution is 0.200. The predicted octanol–water partition coefficient (Wildman–Crippen LogP) is 2.94. The third kappa shape index (κ3) is 1.59. The highest BCUT2D eigenvalue weighted by Gasteiger charge is 2.08. The van der Waals surface area contributed by atoms with Crippen LogP contribution in [0.15, 0.2) is 30.5 Å². The molecule has 2 aromatic rings. The zero-order chi connectivity index (χ0) is 10.1. The molecule has 14 heavy (non-hydrogen) atoms. The van der Waals surface area contributed by atoms with Gasteiger partial charge in [-0.3, -0.25) is 4.98 Å². The lowest BCUT2D eigenvalue weighted by Gasteiger charge is -2.08. The van der Waals surface area contributed by atoms with Crippen LogP contribution in [-0.2, 0) is 0 Å². The number of aliphatic hydroxyl groups is 1. The van der Waals surface area contributed by atoms with Gasteiger partial charge in [0.05, 0.1) is 11.6 Å². The quantitative estimate of drug-likeness (QED) is 0.780. The first kappa shape index (κ1) is 9.44. The van der Waals surface area contributed by atoms with Crippen LogP contribution in [0.5, 0.6) is 0 Å². The van der Waals surface area contributed by atoms with Crippen molar-refractivity contribution in [2.75, 3.05) is 0 Å². The number of hydrogen-bond donors (Lipinski definition) is 1. The molecule has 0 bridgehead atoms. The van der Waals surface area contributed by atoms with Crippen LogP contribution in [0.25, 0.3) is 10.9 Å². The molecule has 1 heterocycles. The average molecular weight is 208 g/mol. The topological polar surface area (TPSA) is 33.1 Å². The summed E-state index contributed by atoms with van der Waals surface area (Å²) in [6.07, 6.45) is 1.16. The second-order valence-electron chi connectivity index (χ2n) is 3.25. The molecule has 0 radical (unpaired) electrons. The average Bonchev–Trinajstić information content (AvgIpc) is 2.16. The molecular formula is C11H10ClNO. The first-order valence-corrected chi connectivity index (χ1v) is 4.78. The second-order valence-corrected chi connectivity index (χ2v) is 3.68. The minimum Gasteiger partial charge on any atom is -0.389 e. The highest BCUT2D eigenvalue weighted by Crippen LogP contribution is 2.26. The van der Waals surface area contributed by atoms with Gasteiger partial charge in [0.15, 0.2) is 0 Å². The van der Waals surface area contributed by atoms with Crippen LogP contribution in [0.2, 0.25) is 5.02 Å². The van der Waals surface area contributed by atoms with Gasteiger partial charge < -0.3 is 5.11 Å². The monoisotopic (exact) mass is 207 g/mol. The number of halogens is 1. The number of rotatable bonds is 1. The molecule has 0 fully saturated rings. The van der Waals surface area contributed by atoms with Gasteiger partial charge in [-0.25, -0.2) is 0 Å². The van der Waals surface area contributed by atoms with Crippen LogP contribution in [0.1, 0.15) is 18.6 Å². The number of aliphatic hydroxyl groups excluding tert-OH is 1. The van der Waals surface area contributed by atoms with Crippen molar-refractivity contribution in [3.63, 3.8) is 0 Å². The van der Waals surface area contributed by atoms with Gasteiger partial charge in [-0.1, -0.05) is 17.7 Å². The van der Waals surface area contributed by atoms with E-state index in [1.807, 2.05) is 18.2 Å². The molecule has 1 unspecified atom stereocenters. The fraction of sp³-hybridized carbons (Fsp3) is 0.182. The molecule has 72 valence electrons. The predicted molar refractivity (Wildman–Crippen MR) is 57.4 cm³/mol. The van der Waals surface area contributed by atoms with Gasteiger partial charge in [0.25, 0.3) is 0 Å². The fourth-order valence-electron chi connectivity index (χ4n) is 1.50. The normalized spacial score (nSPS) is 13.1. The molecule has 0 aliphatic rings. The maximum atomic E-state index is 9.55. The van der Waals surface area contributed by atoms with Gasteiger partial charge in [0.1, 0.15) is 0 Å². The molecule has 0 spiro atoms. The van der Waals surface area contributed by atoms with Crippen LogP contribution in [0.3, 0.4) is 0 Å². The summed E-state index contributed by atoms with van der Waals surface area (Å²) >= 11 is 5.93. The first-order chi connectivity index (χ1) is 6.68. The Labute approximate surface area is 87.2 Å². The molecule has 0 saturated carbocycles. The minimum atomic E-state index is -0.550. The number of nitrogens with zero attached hydrogens (tertiary/aromatic N) is 1. The smallest absolute Gasteiger partial charge is 0.0783 e. The Bertz CT molecular complexity index is 468. The minimum absolute atomic E-state index is 0.550. The van der Waals surface area contributed by atoms with Crippen molar-refractivity contribution in [1.29, 1.82) is 0 Å². The van der Waals surface area contributed by atoms with Gasteiger partial charge in [0, 0.05) is 22.2 Å². The summed E-state index contributed by atoms with van der Waals surface area (Å²) < 4.78 is 0. The van der Waals surface area contributed by atoms with Gasteiger partial charge in [-0.15, -0.1) is 0 Å².